The van der Waals surface area contributed by atoms with Crippen molar-refractivity contribution in [1.29, 1.82) is 0 Å². The van der Waals surface area contributed by atoms with Crippen molar-refractivity contribution in [3.8, 4) is 0 Å². The van der Waals surface area contributed by atoms with Crippen molar-refractivity contribution in [2.75, 3.05) is 33.0 Å². The number of esters is 1. The molecule has 3 N–H and O–H groups in total. The van der Waals surface area contributed by atoms with Crippen molar-refractivity contribution in [2.45, 2.75) is 174 Å². The fraction of sp³-hybridized carbons (Fsp3) is 0.865. The van der Waals surface area contributed by atoms with E-state index in [1.807, 2.05) is 6.08 Å². The molecule has 0 saturated heterocycles. The van der Waals surface area contributed by atoms with Gasteiger partial charge in [0.15, 0.2) is 0 Å². The van der Waals surface area contributed by atoms with Crippen LogP contribution in [0.25, 0.3) is 0 Å². The summed E-state index contributed by atoms with van der Waals surface area (Å²) in [6.45, 7) is 4.61. The summed E-state index contributed by atoms with van der Waals surface area (Å²) in [4.78, 5) is 22.3. The first kappa shape index (κ1) is 45.0. The van der Waals surface area contributed by atoms with E-state index in [0.717, 1.165) is 19.3 Å². The van der Waals surface area contributed by atoms with Crippen molar-refractivity contribution >= 4 is 13.8 Å². The number of unbranched alkanes of at least 4 members (excludes halogenated alkanes) is 20. The maximum atomic E-state index is 12.5. The molecule has 0 aliphatic heterocycles. The van der Waals surface area contributed by atoms with Gasteiger partial charge in [0.25, 0.3) is 0 Å². The molecule has 9 heteroatoms. The second-order valence-electron chi connectivity index (χ2n) is 12.5. The van der Waals surface area contributed by atoms with Gasteiger partial charge in [0.1, 0.15) is 6.10 Å². The summed E-state index contributed by atoms with van der Waals surface area (Å²) in [6.07, 6.45) is 36.7. The average molecular weight is 674 g/mol. The molecule has 0 rings (SSSR count). The van der Waals surface area contributed by atoms with Crippen LogP contribution in [0.1, 0.15) is 168 Å². The minimum Gasteiger partial charge on any atom is -0.457 e. The Labute approximate surface area is 283 Å². The molecule has 0 amide bonds. The van der Waals surface area contributed by atoms with Gasteiger partial charge >= 0.3 is 13.8 Å². The molecule has 0 aliphatic carbocycles. The lowest BCUT2D eigenvalue weighted by Crippen LogP contribution is -2.28. The van der Waals surface area contributed by atoms with Gasteiger partial charge in [-0.1, -0.05) is 147 Å². The fourth-order valence-electron chi connectivity index (χ4n) is 5.12. The molecule has 8 nitrogen and oxygen atoms in total. The third-order valence-corrected chi connectivity index (χ3v) is 8.88. The smallest absolute Gasteiger partial charge is 0.457 e. The highest BCUT2D eigenvalue weighted by Crippen LogP contribution is 2.43. The SMILES string of the molecule is CCCCCCCC/C=C\CCCC(=O)O[C@H](COC/C=C/CCCCCCCCCCCCCCC)COP(=O)(O)OCCN. The molecule has 0 aromatic carbocycles. The Morgan fingerprint density at radius 2 is 1.11 bits per heavy atom. The molecule has 0 spiro atoms. The number of hydrogen-bond acceptors (Lipinski definition) is 7. The lowest BCUT2D eigenvalue weighted by Gasteiger charge is -2.19. The highest BCUT2D eigenvalue weighted by Gasteiger charge is 2.25. The van der Waals surface area contributed by atoms with Gasteiger partial charge in [0.2, 0.25) is 0 Å². The molecule has 272 valence electrons. The Balaban J connectivity index is 4.14. The maximum absolute atomic E-state index is 12.5. The van der Waals surface area contributed by atoms with Crippen LogP contribution in [0.4, 0.5) is 0 Å². The summed E-state index contributed by atoms with van der Waals surface area (Å²) in [5.41, 5.74) is 5.34. The Bertz CT molecular complexity index is 762. The van der Waals surface area contributed by atoms with Gasteiger partial charge in [-0.3, -0.25) is 13.8 Å². The van der Waals surface area contributed by atoms with E-state index in [2.05, 4.69) is 32.1 Å². The fourth-order valence-corrected chi connectivity index (χ4v) is 5.88. The van der Waals surface area contributed by atoms with E-state index in [9.17, 15) is 14.3 Å². The first-order valence-electron chi connectivity index (χ1n) is 18.8. The molecule has 46 heavy (non-hydrogen) atoms. The van der Waals surface area contributed by atoms with Crippen molar-refractivity contribution in [3.63, 3.8) is 0 Å². The highest BCUT2D eigenvalue weighted by molar-refractivity contribution is 7.47. The first-order valence-corrected chi connectivity index (χ1v) is 20.3. The zero-order valence-electron chi connectivity index (χ0n) is 29.8. The molecular formula is C37H72NO7P. The monoisotopic (exact) mass is 674 g/mol. The normalized spacial score (nSPS) is 13.9. The number of rotatable bonds is 36. The maximum Gasteiger partial charge on any atom is 0.472 e. The lowest BCUT2D eigenvalue weighted by molar-refractivity contribution is -0.154. The van der Waals surface area contributed by atoms with Gasteiger partial charge in [-0.25, -0.2) is 4.57 Å². The zero-order chi connectivity index (χ0) is 33.8. The van der Waals surface area contributed by atoms with Crippen LogP contribution in [0, 0.1) is 0 Å². The summed E-state index contributed by atoms with van der Waals surface area (Å²) in [7, 11) is -4.28. The van der Waals surface area contributed by atoms with Gasteiger partial charge < -0.3 is 20.1 Å². The Hall–Kier alpha value is -1.02. The van der Waals surface area contributed by atoms with Crippen LogP contribution in [-0.2, 0) is 27.9 Å². The van der Waals surface area contributed by atoms with Crippen molar-refractivity contribution in [3.05, 3.63) is 24.3 Å². The third-order valence-electron chi connectivity index (χ3n) is 7.90. The molecule has 0 aromatic rings. The van der Waals surface area contributed by atoms with Gasteiger partial charge in [-0.05, 0) is 38.5 Å². The minimum atomic E-state index is -4.28. The molecule has 0 saturated carbocycles. The largest absolute Gasteiger partial charge is 0.472 e. The van der Waals surface area contributed by atoms with Gasteiger partial charge in [0.05, 0.1) is 26.4 Å². The van der Waals surface area contributed by atoms with Crippen LogP contribution in [-0.4, -0.2) is 49.9 Å². The van der Waals surface area contributed by atoms with Crippen LogP contribution < -0.4 is 5.73 Å². The number of nitrogens with two attached hydrogens (primary N) is 1. The predicted octanol–water partition coefficient (Wildman–Crippen LogP) is 10.5. The Kier molecular flexibility index (Phi) is 34.5. The number of carbonyl (C=O) groups excluding carboxylic acids is 1. The van der Waals surface area contributed by atoms with Crippen LogP contribution in [0.2, 0.25) is 0 Å². The van der Waals surface area contributed by atoms with E-state index in [1.165, 1.54) is 122 Å². The second kappa shape index (κ2) is 35.3. The van der Waals surface area contributed by atoms with Gasteiger partial charge in [-0.15, -0.1) is 0 Å². The molecule has 0 heterocycles. The number of phosphoric acid groups is 1. The predicted molar refractivity (Wildman–Crippen MR) is 192 cm³/mol. The second-order valence-corrected chi connectivity index (χ2v) is 13.9. The molecular weight excluding hydrogens is 601 g/mol. The molecule has 0 aromatic heterocycles. The first-order chi connectivity index (χ1) is 22.4. The average Bonchev–Trinajstić information content (AvgIpc) is 3.04. The van der Waals surface area contributed by atoms with Crippen molar-refractivity contribution in [2.24, 2.45) is 5.73 Å². The summed E-state index contributed by atoms with van der Waals surface area (Å²) in [6, 6.07) is 0. The number of ether oxygens (including phenoxy) is 2. The molecule has 0 bridgehead atoms. The lowest BCUT2D eigenvalue weighted by atomic mass is 10.0. The molecule has 1 unspecified atom stereocenters. The summed E-state index contributed by atoms with van der Waals surface area (Å²) in [5.74, 6) is -0.380. The van der Waals surface area contributed by atoms with E-state index in [0.29, 0.717) is 13.0 Å². The molecule has 0 radical (unpaired) electrons. The Morgan fingerprint density at radius 1 is 0.652 bits per heavy atom. The summed E-state index contributed by atoms with van der Waals surface area (Å²) < 4.78 is 33.1. The van der Waals surface area contributed by atoms with Gasteiger partial charge in [0, 0.05) is 13.0 Å². The third kappa shape index (κ3) is 34.3. The number of hydrogen-bond donors (Lipinski definition) is 2. The highest BCUT2D eigenvalue weighted by atomic mass is 31.2. The number of allylic oxidation sites excluding steroid dienone is 3. The number of phosphoric ester groups is 1. The van der Waals surface area contributed by atoms with Crippen LogP contribution in [0.5, 0.6) is 0 Å². The van der Waals surface area contributed by atoms with Crippen LogP contribution >= 0.6 is 7.82 Å². The van der Waals surface area contributed by atoms with E-state index in [-0.39, 0.29) is 38.8 Å². The van der Waals surface area contributed by atoms with E-state index >= 15 is 0 Å². The zero-order valence-corrected chi connectivity index (χ0v) is 30.7. The summed E-state index contributed by atoms with van der Waals surface area (Å²) >= 11 is 0. The topological polar surface area (TPSA) is 117 Å². The van der Waals surface area contributed by atoms with Crippen molar-refractivity contribution < 1.29 is 32.8 Å². The van der Waals surface area contributed by atoms with Crippen LogP contribution in [0.15, 0.2) is 24.3 Å². The molecule has 0 aliphatic rings. The molecule has 0 fully saturated rings. The van der Waals surface area contributed by atoms with Crippen LogP contribution in [0.3, 0.4) is 0 Å². The van der Waals surface area contributed by atoms with Gasteiger partial charge in [-0.2, -0.15) is 0 Å². The van der Waals surface area contributed by atoms with E-state index in [1.54, 1.807) is 0 Å². The number of carbonyl (C=O) groups is 1. The molecule has 2 atom stereocenters. The standard InChI is InChI=1S/C37H72NO7P/c1-3-5-7-9-11-13-15-16-17-18-19-21-23-25-27-29-32-42-34-36(35-44-46(40,41)43-33-31-38)45-37(39)30-28-26-24-22-20-14-12-10-8-6-4-2/h22,24,27,29,36H,3-21,23,25-26,28,30-35,38H2,1-2H3,(H,40,41)/b24-22-,29-27+/t36-/m1/s1. The van der Waals surface area contributed by atoms with Crippen molar-refractivity contribution in [1.82, 2.24) is 0 Å². The summed E-state index contributed by atoms with van der Waals surface area (Å²) in [5, 5.41) is 0. The minimum absolute atomic E-state index is 0.0594. The van der Waals surface area contributed by atoms with E-state index in [4.69, 9.17) is 24.3 Å². The van der Waals surface area contributed by atoms with E-state index < -0.39 is 13.9 Å². The Morgan fingerprint density at radius 3 is 1.61 bits per heavy atom. The quantitative estimate of drug-likeness (QED) is 0.0292.